The van der Waals surface area contributed by atoms with E-state index in [9.17, 15) is 9.90 Å². The number of carbonyl (C=O) groups excluding carboxylic acids is 1. The molecular formula is C24H25ClN6O3. The summed E-state index contributed by atoms with van der Waals surface area (Å²) in [4.78, 5) is 17.5. The molecule has 3 heterocycles. The zero-order valence-electron chi connectivity index (χ0n) is 18.7. The van der Waals surface area contributed by atoms with Crippen LogP contribution in [0.1, 0.15) is 42.5 Å². The van der Waals surface area contributed by atoms with E-state index in [0.717, 1.165) is 32.1 Å². The number of aliphatic hydroxyl groups is 1. The smallest absolute Gasteiger partial charge is 0.261 e. The molecular weight excluding hydrogens is 456 g/mol. The second kappa shape index (κ2) is 9.08. The van der Waals surface area contributed by atoms with Crippen LogP contribution in [0.15, 0.2) is 49.1 Å². The minimum atomic E-state index is -0.826. The number of ether oxygens (including phenoxy) is 1. The van der Waals surface area contributed by atoms with Gasteiger partial charge in [-0.15, -0.1) is 0 Å². The molecule has 5 rings (SSSR count). The van der Waals surface area contributed by atoms with Gasteiger partial charge in [0.2, 0.25) is 0 Å². The molecule has 1 aliphatic rings. The summed E-state index contributed by atoms with van der Waals surface area (Å²) in [5, 5.41) is 23.5. The molecule has 176 valence electrons. The molecule has 2 N–H and O–H groups in total. The summed E-state index contributed by atoms with van der Waals surface area (Å²) >= 11 is 6.28. The molecule has 34 heavy (non-hydrogen) atoms. The summed E-state index contributed by atoms with van der Waals surface area (Å²) in [6, 6.07) is 6.97. The second-order valence-corrected chi connectivity index (χ2v) is 9.06. The SMILES string of the molecule is COc1ccc(Cl)cc1-c1nn(CC2(O)CCCCC2)cc1NC(=O)c1cnn2cccnc12. The number of halogens is 1. The number of anilines is 1. The zero-order chi connectivity index (χ0) is 23.7. The second-order valence-electron chi connectivity index (χ2n) is 8.62. The average molecular weight is 481 g/mol. The van der Waals surface area contributed by atoms with Crippen molar-refractivity contribution in [3.8, 4) is 17.0 Å². The fourth-order valence-electron chi connectivity index (χ4n) is 4.50. The molecule has 1 aliphatic carbocycles. The van der Waals surface area contributed by atoms with Gasteiger partial charge in [-0.1, -0.05) is 30.9 Å². The van der Waals surface area contributed by atoms with Crippen LogP contribution in [-0.2, 0) is 6.54 Å². The normalized spacial score (nSPS) is 15.4. The van der Waals surface area contributed by atoms with Gasteiger partial charge in [0.15, 0.2) is 5.65 Å². The van der Waals surface area contributed by atoms with Gasteiger partial charge in [-0.3, -0.25) is 9.48 Å². The molecule has 1 fully saturated rings. The predicted molar refractivity (Wildman–Crippen MR) is 128 cm³/mol. The number of rotatable bonds is 6. The highest BCUT2D eigenvalue weighted by molar-refractivity contribution is 6.31. The first-order valence-electron chi connectivity index (χ1n) is 11.2. The fraction of sp³-hybridized carbons (Fsp3) is 0.333. The van der Waals surface area contributed by atoms with Crippen LogP contribution < -0.4 is 10.1 Å². The van der Waals surface area contributed by atoms with Crippen LogP contribution in [0.3, 0.4) is 0 Å². The Hall–Kier alpha value is -3.43. The van der Waals surface area contributed by atoms with E-state index in [0.29, 0.717) is 45.5 Å². The topological polar surface area (TPSA) is 107 Å². The molecule has 0 saturated heterocycles. The molecule has 0 radical (unpaired) electrons. The lowest BCUT2D eigenvalue weighted by Crippen LogP contribution is -2.36. The number of nitrogens with one attached hydrogen (secondary N) is 1. The van der Waals surface area contributed by atoms with E-state index < -0.39 is 5.60 Å². The van der Waals surface area contributed by atoms with Crippen LogP contribution in [0, 0.1) is 0 Å². The van der Waals surface area contributed by atoms with Crippen LogP contribution in [0.5, 0.6) is 5.75 Å². The maximum atomic E-state index is 13.2. The lowest BCUT2D eigenvalue weighted by atomic mass is 9.85. The summed E-state index contributed by atoms with van der Waals surface area (Å²) in [5.74, 6) is 0.200. The van der Waals surface area contributed by atoms with Crippen molar-refractivity contribution in [3.05, 3.63) is 59.6 Å². The van der Waals surface area contributed by atoms with Crippen LogP contribution in [0.2, 0.25) is 5.02 Å². The number of benzene rings is 1. The van der Waals surface area contributed by atoms with Gasteiger partial charge in [0.1, 0.15) is 17.0 Å². The van der Waals surface area contributed by atoms with E-state index in [4.69, 9.17) is 21.4 Å². The molecule has 4 aromatic rings. The molecule has 1 amide bonds. The minimum Gasteiger partial charge on any atom is -0.496 e. The van der Waals surface area contributed by atoms with E-state index in [-0.39, 0.29) is 5.91 Å². The Kier molecular flexibility index (Phi) is 5.97. The van der Waals surface area contributed by atoms with Gasteiger partial charge in [0, 0.05) is 29.2 Å². The van der Waals surface area contributed by atoms with E-state index in [1.54, 1.807) is 54.6 Å². The number of hydrogen-bond donors (Lipinski definition) is 2. The van der Waals surface area contributed by atoms with Crippen molar-refractivity contribution < 1.29 is 14.6 Å². The van der Waals surface area contributed by atoms with Crippen molar-refractivity contribution in [3.63, 3.8) is 0 Å². The molecule has 0 aliphatic heterocycles. The highest BCUT2D eigenvalue weighted by atomic mass is 35.5. The van der Waals surface area contributed by atoms with Gasteiger partial charge < -0.3 is 15.2 Å². The number of methoxy groups -OCH3 is 1. The van der Waals surface area contributed by atoms with Gasteiger partial charge in [-0.25, -0.2) is 9.50 Å². The van der Waals surface area contributed by atoms with Crippen LogP contribution in [0.25, 0.3) is 16.9 Å². The molecule has 0 unspecified atom stereocenters. The van der Waals surface area contributed by atoms with Gasteiger partial charge in [-0.2, -0.15) is 10.2 Å². The van der Waals surface area contributed by atoms with Gasteiger partial charge in [0.25, 0.3) is 5.91 Å². The Morgan fingerprint density at radius 1 is 1.29 bits per heavy atom. The molecule has 10 heteroatoms. The Balaban J connectivity index is 1.54. The molecule has 3 aromatic heterocycles. The highest BCUT2D eigenvalue weighted by Crippen LogP contribution is 2.37. The number of hydrogen-bond acceptors (Lipinski definition) is 6. The van der Waals surface area contributed by atoms with Gasteiger partial charge in [-0.05, 0) is 37.1 Å². The lowest BCUT2D eigenvalue weighted by molar-refractivity contribution is -0.0142. The van der Waals surface area contributed by atoms with Crippen LogP contribution in [0.4, 0.5) is 5.69 Å². The predicted octanol–water partition coefficient (Wildman–Crippen LogP) is 4.20. The first-order chi connectivity index (χ1) is 16.5. The third-order valence-corrected chi connectivity index (χ3v) is 6.43. The zero-order valence-corrected chi connectivity index (χ0v) is 19.5. The molecule has 0 atom stereocenters. The highest BCUT2D eigenvalue weighted by Gasteiger charge is 2.31. The first-order valence-corrected chi connectivity index (χ1v) is 11.6. The number of aromatic nitrogens is 5. The molecule has 1 saturated carbocycles. The number of fused-ring (bicyclic) bond motifs is 1. The summed E-state index contributed by atoms with van der Waals surface area (Å²) in [6.45, 7) is 0.330. The van der Waals surface area contributed by atoms with Gasteiger partial charge >= 0.3 is 0 Å². The molecule has 0 spiro atoms. The van der Waals surface area contributed by atoms with E-state index >= 15 is 0 Å². The van der Waals surface area contributed by atoms with Gasteiger partial charge in [0.05, 0.1) is 31.1 Å². The van der Waals surface area contributed by atoms with Crippen molar-refractivity contribution in [2.24, 2.45) is 0 Å². The maximum absolute atomic E-state index is 13.2. The first kappa shape index (κ1) is 22.4. The molecule has 0 bridgehead atoms. The maximum Gasteiger partial charge on any atom is 0.261 e. The minimum absolute atomic E-state index is 0.330. The number of carbonyl (C=O) groups is 1. The van der Waals surface area contributed by atoms with Crippen LogP contribution in [-0.4, -0.2) is 48.1 Å². The average Bonchev–Trinajstić information content (AvgIpc) is 3.43. The van der Waals surface area contributed by atoms with E-state index in [2.05, 4.69) is 15.4 Å². The largest absolute Gasteiger partial charge is 0.496 e. The number of nitrogens with zero attached hydrogens (tertiary/aromatic N) is 5. The summed E-state index contributed by atoms with van der Waals surface area (Å²) in [7, 11) is 1.57. The number of amides is 1. The molecule has 1 aromatic carbocycles. The van der Waals surface area contributed by atoms with E-state index in [1.165, 1.54) is 10.7 Å². The Morgan fingerprint density at radius 3 is 2.91 bits per heavy atom. The third-order valence-electron chi connectivity index (χ3n) is 6.19. The van der Waals surface area contributed by atoms with Crippen molar-refractivity contribution in [1.29, 1.82) is 0 Å². The Morgan fingerprint density at radius 2 is 2.12 bits per heavy atom. The van der Waals surface area contributed by atoms with E-state index in [1.807, 2.05) is 0 Å². The Labute approximate surface area is 201 Å². The standard InChI is InChI=1S/C24H25ClN6O3/c1-34-20-7-6-16(25)12-17(20)21-19(14-30(29-21)15-24(33)8-3-2-4-9-24)28-23(32)18-13-27-31-11-5-10-26-22(18)31/h5-7,10-14,33H,2-4,8-9,15H2,1H3,(H,28,32). The van der Waals surface area contributed by atoms with Crippen LogP contribution >= 0.6 is 11.6 Å². The van der Waals surface area contributed by atoms with Crippen molar-refractivity contribution in [2.45, 2.75) is 44.2 Å². The summed E-state index contributed by atoms with van der Waals surface area (Å²) < 4.78 is 8.76. The summed E-state index contributed by atoms with van der Waals surface area (Å²) in [5.41, 5.74) is 1.57. The Bertz CT molecular complexity index is 1340. The molecule has 9 nitrogen and oxygen atoms in total. The van der Waals surface area contributed by atoms with Crippen molar-refractivity contribution in [2.75, 3.05) is 12.4 Å². The summed E-state index contributed by atoms with van der Waals surface area (Å²) in [6.07, 6.45) is 11.1. The van der Waals surface area contributed by atoms with Crippen molar-refractivity contribution in [1.82, 2.24) is 24.4 Å². The quantitative estimate of drug-likeness (QED) is 0.428. The monoisotopic (exact) mass is 480 g/mol. The fourth-order valence-corrected chi connectivity index (χ4v) is 4.68. The van der Waals surface area contributed by atoms with Crippen molar-refractivity contribution >= 4 is 28.8 Å². The third kappa shape index (κ3) is 4.36. The lowest BCUT2D eigenvalue weighted by Gasteiger charge is -2.31.